The van der Waals surface area contributed by atoms with Crippen LogP contribution in [0.3, 0.4) is 0 Å². The van der Waals surface area contributed by atoms with Crippen LogP contribution in [0.15, 0.2) is 97.2 Å². The molecule has 330 valence electrons. The first-order valence-electron chi connectivity index (χ1n) is 23.8. The maximum absolute atomic E-state index is 12.7. The predicted octanol–water partition coefficient (Wildman–Crippen LogP) is 15.9. The second kappa shape index (κ2) is 48.2. The van der Waals surface area contributed by atoms with Crippen molar-refractivity contribution in [2.24, 2.45) is 0 Å². The lowest BCUT2D eigenvalue weighted by molar-refractivity contribution is -0.162. The van der Waals surface area contributed by atoms with Gasteiger partial charge in [0.15, 0.2) is 6.10 Å². The minimum atomic E-state index is -0.576. The maximum atomic E-state index is 12.7. The molecule has 0 N–H and O–H groups in total. The number of rotatable bonds is 42. The molecular weight excluding hydrogens is 717 g/mol. The van der Waals surface area contributed by atoms with Crippen molar-refractivity contribution in [1.29, 1.82) is 0 Å². The van der Waals surface area contributed by atoms with Crippen LogP contribution in [-0.2, 0) is 23.8 Å². The molecular formula is C53H88O5. The van der Waals surface area contributed by atoms with E-state index < -0.39 is 6.10 Å². The molecule has 0 bridgehead atoms. The van der Waals surface area contributed by atoms with Gasteiger partial charge in [0.25, 0.3) is 0 Å². The van der Waals surface area contributed by atoms with Crippen molar-refractivity contribution in [3.8, 4) is 0 Å². The quantitative estimate of drug-likeness (QED) is 0.0349. The largest absolute Gasteiger partial charge is 0.462 e. The van der Waals surface area contributed by atoms with E-state index in [1.165, 1.54) is 77.0 Å². The van der Waals surface area contributed by atoms with E-state index in [9.17, 15) is 9.59 Å². The third-order valence-corrected chi connectivity index (χ3v) is 9.60. The van der Waals surface area contributed by atoms with E-state index in [-0.39, 0.29) is 25.2 Å². The Morgan fingerprint density at radius 1 is 0.397 bits per heavy atom. The Bertz CT molecular complexity index is 1140. The van der Waals surface area contributed by atoms with Crippen LogP contribution >= 0.6 is 0 Å². The Hall–Kier alpha value is -3.18. The molecule has 0 aliphatic heterocycles. The van der Waals surface area contributed by atoms with Crippen LogP contribution in [0.1, 0.15) is 201 Å². The number of ether oxygens (including phenoxy) is 3. The Balaban J connectivity index is 4.35. The summed E-state index contributed by atoms with van der Waals surface area (Å²) in [5.41, 5.74) is 0. The molecule has 0 aromatic rings. The Kier molecular flexibility index (Phi) is 45.5. The molecule has 0 aromatic heterocycles. The van der Waals surface area contributed by atoms with Gasteiger partial charge in [-0.05, 0) is 96.3 Å². The highest BCUT2D eigenvalue weighted by Gasteiger charge is 2.17. The standard InChI is InChI=1S/C53H88O5/c1-4-7-10-13-16-19-22-24-25-26-27-28-30-33-36-39-42-45-48-56-49-51(58-53(55)47-44-41-38-35-31-21-18-15-12-9-6-3)50-57-52(54)46-43-40-37-34-32-29-23-20-17-14-11-8-5-2/h7-8,10-11,15-20,24-25,29,32,37,40,51H,4-6,9,12-14,21-23,26-28,30-31,33-36,38-39,41-50H2,1-3H3/b10-7-,11-8-,18-15-,19-16-,20-17-,25-24-,32-29-,40-37-. The Morgan fingerprint density at radius 2 is 0.810 bits per heavy atom. The first-order chi connectivity index (χ1) is 28.6. The molecule has 0 fully saturated rings. The van der Waals surface area contributed by atoms with Gasteiger partial charge in [0.1, 0.15) is 6.61 Å². The molecule has 0 spiro atoms. The topological polar surface area (TPSA) is 61.8 Å². The van der Waals surface area contributed by atoms with Crippen molar-refractivity contribution in [3.05, 3.63) is 97.2 Å². The summed E-state index contributed by atoms with van der Waals surface area (Å²) in [5.74, 6) is -0.512. The van der Waals surface area contributed by atoms with Gasteiger partial charge in [-0.25, -0.2) is 0 Å². The predicted molar refractivity (Wildman–Crippen MR) is 251 cm³/mol. The Labute approximate surface area is 358 Å². The third kappa shape index (κ3) is 45.5. The number of esters is 2. The molecule has 0 aromatic carbocycles. The summed E-state index contributed by atoms with van der Waals surface area (Å²) in [5, 5.41) is 0. The normalized spacial score (nSPS) is 13.1. The van der Waals surface area contributed by atoms with Crippen molar-refractivity contribution in [1.82, 2.24) is 0 Å². The van der Waals surface area contributed by atoms with E-state index in [1.807, 2.05) is 6.08 Å². The SMILES string of the molecule is CC/C=C\C/C=C\C/C=C\C/C=C\CCC(=O)OCC(COCCCCCCCCCC/C=C\C/C=C\C/C=C\CC)OC(=O)CCCCCCC/C=C\CCCC. The number of hydrogen-bond donors (Lipinski definition) is 0. The van der Waals surface area contributed by atoms with Crippen molar-refractivity contribution in [3.63, 3.8) is 0 Å². The zero-order valence-corrected chi connectivity index (χ0v) is 37.8. The van der Waals surface area contributed by atoms with Gasteiger partial charge in [-0.3, -0.25) is 9.59 Å². The number of unbranched alkanes of at least 4 members (excludes halogenated alkanes) is 15. The second-order valence-electron chi connectivity index (χ2n) is 15.2. The highest BCUT2D eigenvalue weighted by Crippen LogP contribution is 2.12. The van der Waals surface area contributed by atoms with Crippen LogP contribution in [0.5, 0.6) is 0 Å². The van der Waals surface area contributed by atoms with E-state index in [2.05, 4.69) is 112 Å². The van der Waals surface area contributed by atoms with Crippen LogP contribution < -0.4 is 0 Å². The lowest BCUT2D eigenvalue weighted by atomic mass is 10.1. The van der Waals surface area contributed by atoms with E-state index >= 15 is 0 Å². The van der Waals surface area contributed by atoms with Gasteiger partial charge in [0.05, 0.1) is 6.61 Å². The molecule has 58 heavy (non-hydrogen) atoms. The summed E-state index contributed by atoms with van der Waals surface area (Å²) in [6.45, 7) is 7.45. The lowest BCUT2D eigenvalue weighted by Crippen LogP contribution is -2.30. The van der Waals surface area contributed by atoms with Crippen molar-refractivity contribution < 1.29 is 23.8 Å². The van der Waals surface area contributed by atoms with Gasteiger partial charge >= 0.3 is 11.9 Å². The highest BCUT2D eigenvalue weighted by atomic mass is 16.6. The highest BCUT2D eigenvalue weighted by molar-refractivity contribution is 5.70. The van der Waals surface area contributed by atoms with Gasteiger partial charge in [-0.2, -0.15) is 0 Å². The molecule has 5 heteroatoms. The van der Waals surface area contributed by atoms with E-state index in [0.29, 0.717) is 25.9 Å². The zero-order chi connectivity index (χ0) is 42.1. The monoisotopic (exact) mass is 805 g/mol. The molecule has 0 radical (unpaired) electrons. The van der Waals surface area contributed by atoms with Crippen LogP contribution in [0.25, 0.3) is 0 Å². The zero-order valence-electron chi connectivity index (χ0n) is 37.8. The lowest BCUT2D eigenvalue weighted by Gasteiger charge is -2.18. The number of carbonyl (C=O) groups is 2. The summed E-state index contributed by atoms with van der Waals surface area (Å²) >= 11 is 0. The van der Waals surface area contributed by atoms with E-state index in [1.54, 1.807) is 0 Å². The van der Waals surface area contributed by atoms with E-state index in [4.69, 9.17) is 14.2 Å². The molecule has 0 rings (SSSR count). The minimum Gasteiger partial charge on any atom is -0.462 e. The minimum absolute atomic E-state index is 0.0360. The molecule has 1 unspecified atom stereocenters. The number of allylic oxidation sites excluding steroid dienone is 16. The van der Waals surface area contributed by atoms with Gasteiger partial charge in [0.2, 0.25) is 0 Å². The smallest absolute Gasteiger partial charge is 0.306 e. The van der Waals surface area contributed by atoms with Gasteiger partial charge in [-0.15, -0.1) is 0 Å². The van der Waals surface area contributed by atoms with Crippen LogP contribution in [0.4, 0.5) is 0 Å². The summed E-state index contributed by atoms with van der Waals surface area (Å²) < 4.78 is 17.3. The molecule has 0 saturated heterocycles. The molecule has 5 nitrogen and oxygen atoms in total. The fourth-order valence-electron chi connectivity index (χ4n) is 6.11. The molecule has 0 amide bonds. The summed E-state index contributed by atoms with van der Waals surface area (Å²) in [6.07, 6.45) is 64.3. The van der Waals surface area contributed by atoms with Gasteiger partial charge < -0.3 is 14.2 Å². The third-order valence-electron chi connectivity index (χ3n) is 9.60. The van der Waals surface area contributed by atoms with Gasteiger partial charge in [0, 0.05) is 19.4 Å². The summed E-state index contributed by atoms with van der Waals surface area (Å²) in [6, 6.07) is 0. The number of carbonyl (C=O) groups excluding carboxylic acids is 2. The van der Waals surface area contributed by atoms with Crippen LogP contribution in [-0.4, -0.2) is 37.9 Å². The number of hydrogen-bond acceptors (Lipinski definition) is 5. The van der Waals surface area contributed by atoms with Gasteiger partial charge in [-0.1, -0.05) is 189 Å². The molecule has 0 aliphatic rings. The summed E-state index contributed by atoms with van der Waals surface area (Å²) in [7, 11) is 0. The fourth-order valence-corrected chi connectivity index (χ4v) is 6.11. The second-order valence-corrected chi connectivity index (χ2v) is 15.2. The average molecular weight is 805 g/mol. The molecule has 0 aliphatic carbocycles. The van der Waals surface area contributed by atoms with Crippen molar-refractivity contribution in [2.75, 3.05) is 19.8 Å². The van der Waals surface area contributed by atoms with Crippen LogP contribution in [0, 0.1) is 0 Å². The fraction of sp³-hybridized carbons (Fsp3) is 0.660. The van der Waals surface area contributed by atoms with Crippen molar-refractivity contribution in [2.45, 2.75) is 207 Å². The van der Waals surface area contributed by atoms with E-state index in [0.717, 1.165) is 83.5 Å². The maximum Gasteiger partial charge on any atom is 0.306 e. The first kappa shape index (κ1) is 54.8. The molecule has 1 atom stereocenters. The molecule has 0 heterocycles. The first-order valence-corrected chi connectivity index (χ1v) is 23.8. The van der Waals surface area contributed by atoms with Crippen LogP contribution in [0.2, 0.25) is 0 Å². The summed E-state index contributed by atoms with van der Waals surface area (Å²) in [4.78, 5) is 25.2. The molecule has 0 saturated carbocycles. The Morgan fingerprint density at radius 3 is 1.33 bits per heavy atom. The van der Waals surface area contributed by atoms with Crippen molar-refractivity contribution >= 4 is 11.9 Å². The average Bonchev–Trinajstić information content (AvgIpc) is 3.22.